The van der Waals surface area contributed by atoms with Crippen LogP contribution in [0.4, 0.5) is 0 Å². The summed E-state index contributed by atoms with van der Waals surface area (Å²) in [6.45, 7) is 3.59. The Morgan fingerprint density at radius 1 is 1.16 bits per heavy atom. The minimum Gasteiger partial charge on any atom is -0.396 e. The van der Waals surface area contributed by atoms with Crippen LogP contribution in [0.5, 0.6) is 0 Å². The van der Waals surface area contributed by atoms with E-state index in [1.54, 1.807) is 15.5 Å². The van der Waals surface area contributed by atoms with Crippen molar-refractivity contribution in [3.8, 4) is 0 Å². The number of hydrogen-bond donors (Lipinski definition) is 1. The molecule has 1 aromatic rings. The SMILES string of the molecule is C/C=C/c1ccc2n(c1=O)C[C@H]1[C@H](CO)[C@@H](C(=O)N3CCCCC3)N(C(=O)CC3CC3)[C@@H]21. The first-order valence-corrected chi connectivity index (χ1v) is 12.1. The summed E-state index contributed by atoms with van der Waals surface area (Å²) in [4.78, 5) is 43.9. The van der Waals surface area contributed by atoms with Crippen molar-refractivity contribution in [2.45, 2.75) is 64.1 Å². The highest BCUT2D eigenvalue weighted by atomic mass is 16.3. The molecule has 7 heteroatoms. The molecule has 4 aliphatic rings. The van der Waals surface area contributed by atoms with Gasteiger partial charge in [-0.2, -0.15) is 0 Å². The third kappa shape index (κ3) is 3.51. The Hall–Kier alpha value is -2.41. The van der Waals surface area contributed by atoms with Crippen LogP contribution in [0.15, 0.2) is 23.0 Å². The molecule has 5 rings (SSSR count). The summed E-state index contributed by atoms with van der Waals surface area (Å²) < 4.78 is 1.76. The number of fused-ring (bicyclic) bond motifs is 3. The molecule has 0 aromatic carbocycles. The lowest BCUT2D eigenvalue weighted by atomic mass is 9.88. The quantitative estimate of drug-likeness (QED) is 0.762. The van der Waals surface area contributed by atoms with E-state index < -0.39 is 6.04 Å². The van der Waals surface area contributed by atoms with Crippen LogP contribution in [0, 0.1) is 17.8 Å². The van der Waals surface area contributed by atoms with Gasteiger partial charge < -0.3 is 19.5 Å². The second-order valence-electron chi connectivity index (χ2n) is 9.86. The highest BCUT2D eigenvalue weighted by Crippen LogP contribution is 2.50. The Kier molecular flexibility index (Phi) is 5.70. The number of aromatic nitrogens is 1. The maximum Gasteiger partial charge on any atom is 0.258 e. The zero-order valence-electron chi connectivity index (χ0n) is 18.8. The molecule has 3 aliphatic heterocycles. The fourth-order valence-electron chi connectivity index (χ4n) is 6.05. The maximum absolute atomic E-state index is 13.7. The second kappa shape index (κ2) is 8.50. The van der Waals surface area contributed by atoms with E-state index in [4.69, 9.17) is 0 Å². The lowest BCUT2D eigenvalue weighted by Gasteiger charge is -2.36. The lowest BCUT2D eigenvalue weighted by Crippen LogP contribution is -2.52. The largest absolute Gasteiger partial charge is 0.396 e. The van der Waals surface area contributed by atoms with Crippen LogP contribution in [-0.4, -0.2) is 57.0 Å². The van der Waals surface area contributed by atoms with Crippen LogP contribution < -0.4 is 5.56 Å². The van der Waals surface area contributed by atoms with Crippen molar-refractivity contribution in [2.24, 2.45) is 17.8 Å². The molecule has 0 unspecified atom stereocenters. The molecule has 32 heavy (non-hydrogen) atoms. The molecule has 4 atom stereocenters. The van der Waals surface area contributed by atoms with E-state index in [1.165, 1.54) is 0 Å². The first-order valence-electron chi connectivity index (χ1n) is 12.1. The van der Waals surface area contributed by atoms with E-state index in [0.29, 0.717) is 24.4 Å². The van der Waals surface area contributed by atoms with E-state index in [9.17, 15) is 19.5 Å². The van der Waals surface area contributed by atoms with Gasteiger partial charge in [-0.3, -0.25) is 14.4 Å². The van der Waals surface area contributed by atoms with Crippen molar-refractivity contribution in [1.82, 2.24) is 14.4 Å². The van der Waals surface area contributed by atoms with Gasteiger partial charge in [0.2, 0.25) is 11.8 Å². The molecule has 7 nitrogen and oxygen atoms in total. The fraction of sp³-hybridized carbons (Fsp3) is 0.640. The molecule has 1 aliphatic carbocycles. The molecule has 1 saturated carbocycles. The number of piperidine rings is 1. The third-order valence-electron chi connectivity index (χ3n) is 7.82. The lowest BCUT2D eigenvalue weighted by molar-refractivity contribution is -0.148. The summed E-state index contributed by atoms with van der Waals surface area (Å²) in [7, 11) is 0. The first kappa shape index (κ1) is 21.4. The summed E-state index contributed by atoms with van der Waals surface area (Å²) >= 11 is 0. The molecule has 3 fully saturated rings. The number of pyridine rings is 1. The van der Waals surface area contributed by atoms with Crippen LogP contribution in [0.1, 0.15) is 62.7 Å². The number of hydrogen-bond acceptors (Lipinski definition) is 4. The molecule has 2 saturated heterocycles. The number of aliphatic hydroxyl groups excluding tert-OH is 1. The van der Waals surface area contributed by atoms with Crippen molar-refractivity contribution in [2.75, 3.05) is 19.7 Å². The van der Waals surface area contributed by atoms with Crippen molar-refractivity contribution < 1.29 is 14.7 Å². The zero-order valence-corrected chi connectivity index (χ0v) is 18.8. The Bertz CT molecular complexity index is 989. The van der Waals surface area contributed by atoms with Crippen LogP contribution in [0.3, 0.4) is 0 Å². The standard InChI is InChI=1S/C25H33N3O4/c1-2-6-17-9-10-20-22-18(14-27(20)24(17)31)19(15-29)23(25(32)26-11-4-3-5-12-26)28(22)21(30)13-16-7-8-16/h2,6,9-10,16,18-19,22-23,29H,3-5,7-8,11-15H2,1H3/b6-2+/t18-,19-,22+,23-/m0/s1. The molecule has 1 aromatic heterocycles. The third-order valence-corrected chi connectivity index (χ3v) is 7.82. The second-order valence-corrected chi connectivity index (χ2v) is 9.86. The fourth-order valence-corrected chi connectivity index (χ4v) is 6.05. The molecule has 2 amide bonds. The molecule has 0 spiro atoms. The monoisotopic (exact) mass is 439 g/mol. The highest BCUT2D eigenvalue weighted by molar-refractivity contribution is 5.89. The summed E-state index contributed by atoms with van der Waals surface area (Å²) in [6.07, 6.45) is 9.30. The van der Waals surface area contributed by atoms with Gasteiger partial charge in [-0.05, 0) is 57.1 Å². The van der Waals surface area contributed by atoms with Crippen molar-refractivity contribution >= 4 is 17.9 Å². The molecular formula is C25H33N3O4. The summed E-state index contributed by atoms with van der Waals surface area (Å²) in [5.74, 6) is -0.119. The van der Waals surface area contributed by atoms with Gasteiger partial charge in [0.1, 0.15) is 6.04 Å². The summed E-state index contributed by atoms with van der Waals surface area (Å²) in [5, 5.41) is 10.4. The van der Waals surface area contributed by atoms with E-state index in [-0.39, 0.29) is 41.9 Å². The van der Waals surface area contributed by atoms with Crippen LogP contribution in [0.2, 0.25) is 0 Å². The average molecular weight is 440 g/mol. The highest BCUT2D eigenvalue weighted by Gasteiger charge is 2.58. The molecule has 1 N–H and O–H groups in total. The first-order chi connectivity index (χ1) is 15.5. The van der Waals surface area contributed by atoms with Crippen molar-refractivity contribution in [3.63, 3.8) is 0 Å². The number of carbonyl (C=O) groups is 2. The Labute approximate surface area is 188 Å². The van der Waals surface area contributed by atoms with E-state index in [2.05, 4.69) is 0 Å². The number of nitrogens with zero attached hydrogens (tertiary/aromatic N) is 3. The zero-order chi connectivity index (χ0) is 22.4. The van der Waals surface area contributed by atoms with Gasteiger partial charge in [-0.25, -0.2) is 0 Å². The van der Waals surface area contributed by atoms with Crippen LogP contribution in [0.25, 0.3) is 6.08 Å². The number of carbonyl (C=O) groups excluding carboxylic acids is 2. The Morgan fingerprint density at radius 2 is 1.91 bits per heavy atom. The van der Waals surface area contributed by atoms with Gasteiger partial charge in [0.25, 0.3) is 5.56 Å². The van der Waals surface area contributed by atoms with Gasteiger partial charge in [0, 0.05) is 55.8 Å². The van der Waals surface area contributed by atoms with Gasteiger partial charge in [0.05, 0.1) is 6.04 Å². The number of amides is 2. The molecule has 0 bridgehead atoms. The minimum atomic E-state index is -0.640. The minimum absolute atomic E-state index is 0.00719. The molecular weight excluding hydrogens is 406 g/mol. The van der Waals surface area contributed by atoms with Crippen LogP contribution in [-0.2, 0) is 16.1 Å². The number of aliphatic hydroxyl groups is 1. The van der Waals surface area contributed by atoms with E-state index in [0.717, 1.165) is 50.9 Å². The predicted molar refractivity (Wildman–Crippen MR) is 121 cm³/mol. The van der Waals surface area contributed by atoms with Gasteiger partial charge in [-0.1, -0.05) is 12.2 Å². The normalized spacial score (nSPS) is 29.4. The Morgan fingerprint density at radius 3 is 2.56 bits per heavy atom. The van der Waals surface area contributed by atoms with Gasteiger partial charge in [0.15, 0.2) is 0 Å². The molecule has 172 valence electrons. The molecule has 4 heterocycles. The topological polar surface area (TPSA) is 82.8 Å². The number of rotatable bonds is 5. The Balaban J connectivity index is 1.55. The van der Waals surface area contributed by atoms with Gasteiger partial charge >= 0.3 is 0 Å². The van der Waals surface area contributed by atoms with Crippen molar-refractivity contribution in [3.05, 3.63) is 39.8 Å². The summed E-state index contributed by atoms with van der Waals surface area (Å²) in [5.41, 5.74) is 1.35. The van der Waals surface area contributed by atoms with Crippen LogP contribution >= 0.6 is 0 Å². The number of allylic oxidation sites excluding steroid dienone is 1. The predicted octanol–water partition coefficient (Wildman–Crippen LogP) is 2.18. The maximum atomic E-state index is 13.7. The van der Waals surface area contributed by atoms with E-state index >= 15 is 0 Å². The number of likely N-dealkylation sites (tertiary alicyclic amines) is 2. The smallest absolute Gasteiger partial charge is 0.258 e. The van der Waals surface area contributed by atoms with Gasteiger partial charge in [-0.15, -0.1) is 0 Å². The summed E-state index contributed by atoms with van der Waals surface area (Å²) in [6, 6.07) is 2.78. The van der Waals surface area contributed by atoms with Crippen molar-refractivity contribution in [1.29, 1.82) is 0 Å². The average Bonchev–Trinajstić information content (AvgIpc) is 3.44. The molecule has 0 radical (unpaired) electrons. The van der Waals surface area contributed by atoms with E-state index in [1.807, 2.05) is 30.0 Å².